The SMILES string of the molecule is C[C@H](Cc1ccccc1)N(C)CCNc1nc2c(c(=O)n(C)c(=O)n2C)n1C. The van der Waals surface area contributed by atoms with E-state index in [2.05, 4.69) is 53.4 Å². The van der Waals surface area contributed by atoms with Gasteiger partial charge in [-0.05, 0) is 26.0 Å². The molecule has 8 nitrogen and oxygen atoms in total. The molecule has 0 aliphatic carbocycles. The molecular weight excluding hydrogens is 356 g/mol. The van der Waals surface area contributed by atoms with Gasteiger partial charge in [-0.25, -0.2) is 4.79 Å². The van der Waals surface area contributed by atoms with E-state index in [1.165, 1.54) is 17.2 Å². The molecule has 2 aromatic heterocycles. The molecule has 0 fully saturated rings. The zero-order valence-corrected chi connectivity index (χ0v) is 17.1. The molecule has 0 saturated heterocycles. The highest BCUT2D eigenvalue weighted by Crippen LogP contribution is 2.13. The highest BCUT2D eigenvalue weighted by Gasteiger charge is 2.17. The van der Waals surface area contributed by atoms with Crippen LogP contribution in [0, 0.1) is 0 Å². The van der Waals surface area contributed by atoms with E-state index in [0.717, 1.165) is 17.5 Å². The number of aromatic nitrogens is 4. The van der Waals surface area contributed by atoms with E-state index in [4.69, 9.17) is 0 Å². The Kier molecular flexibility index (Phi) is 5.69. The predicted octanol–water partition coefficient (Wildman–Crippen LogP) is 0.946. The quantitative estimate of drug-likeness (QED) is 0.656. The van der Waals surface area contributed by atoms with Crippen molar-refractivity contribution in [1.29, 1.82) is 0 Å². The molecule has 0 bridgehead atoms. The number of hydrogen-bond acceptors (Lipinski definition) is 5. The number of nitrogens with zero attached hydrogens (tertiary/aromatic N) is 5. The number of benzene rings is 1. The van der Waals surface area contributed by atoms with Gasteiger partial charge >= 0.3 is 5.69 Å². The van der Waals surface area contributed by atoms with Crippen molar-refractivity contribution in [1.82, 2.24) is 23.6 Å². The third kappa shape index (κ3) is 3.73. The molecule has 0 amide bonds. The Hall–Kier alpha value is -2.87. The van der Waals surface area contributed by atoms with Crippen molar-refractivity contribution < 1.29 is 0 Å². The lowest BCUT2D eigenvalue weighted by atomic mass is 10.1. The topological polar surface area (TPSA) is 77.1 Å². The molecular formula is C20H28N6O2. The molecule has 8 heteroatoms. The van der Waals surface area contributed by atoms with Crippen LogP contribution in [-0.2, 0) is 27.6 Å². The minimum Gasteiger partial charge on any atom is -0.354 e. The Morgan fingerprint density at radius 2 is 1.75 bits per heavy atom. The molecule has 0 spiro atoms. The minimum absolute atomic E-state index is 0.338. The van der Waals surface area contributed by atoms with Crippen LogP contribution in [0.1, 0.15) is 12.5 Å². The van der Waals surface area contributed by atoms with Crippen LogP contribution in [0.15, 0.2) is 39.9 Å². The number of aryl methyl sites for hydroxylation is 2. The van der Waals surface area contributed by atoms with Crippen LogP contribution in [0.4, 0.5) is 5.95 Å². The van der Waals surface area contributed by atoms with Crippen LogP contribution >= 0.6 is 0 Å². The highest BCUT2D eigenvalue weighted by molar-refractivity contribution is 5.74. The summed E-state index contributed by atoms with van der Waals surface area (Å²) < 4.78 is 4.22. The van der Waals surface area contributed by atoms with Gasteiger partial charge < -0.3 is 14.8 Å². The summed E-state index contributed by atoms with van der Waals surface area (Å²) in [5.74, 6) is 0.581. The monoisotopic (exact) mass is 384 g/mol. The van der Waals surface area contributed by atoms with Gasteiger partial charge in [0.1, 0.15) is 0 Å². The van der Waals surface area contributed by atoms with E-state index in [9.17, 15) is 9.59 Å². The van der Waals surface area contributed by atoms with Gasteiger partial charge in [0.05, 0.1) is 0 Å². The fourth-order valence-electron chi connectivity index (χ4n) is 3.35. The standard InChI is InChI=1S/C20H28N6O2/c1-14(13-15-9-7-6-8-10-15)23(2)12-11-21-19-22-17-16(24(19)3)18(27)26(5)20(28)25(17)4/h6-10,14H,11-13H2,1-5H3,(H,21,22)/t14-/m1/s1. The first-order valence-corrected chi connectivity index (χ1v) is 9.41. The Bertz CT molecular complexity index is 1080. The van der Waals surface area contributed by atoms with Crippen molar-refractivity contribution in [2.75, 3.05) is 25.5 Å². The van der Waals surface area contributed by atoms with Crippen LogP contribution < -0.4 is 16.6 Å². The summed E-state index contributed by atoms with van der Waals surface area (Å²) in [6, 6.07) is 10.8. The third-order valence-electron chi connectivity index (χ3n) is 5.35. The molecule has 28 heavy (non-hydrogen) atoms. The summed E-state index contributed by atoms with van der Waals surface area (Å²) in [4.78, 5) is 31.3. The maximum atomic E-state index is 12.4. The zero-order valence-electron chi connectivity index (χ0n) is 17.1. The molecule has 1 N–H and O–H groups in total. The number of fused-ring (bicyclic) bond motifs is 1. The molecule has 0 saturated carbocycles. The van der Waals surface area contributed by atoms with E-state index in [0.29, 0.717) is 29.7 Å². The summed E-state index contributed by atoms with van der Waals surface area (Å²) in [5, 5.41) is 3.29. The molecule has 0 unspecified atom stereocenters. The summed E-state index contributed by atoms with van der Waals surface area (Å²) >= 11 is 0. The van der Waals surface area contributed by atoms with Gasteiger partial charge in [-0.1, -0.05) is 30.3 Å². The maximum absolute atomic E-state index is 12.4. The van der Waals surface area contributed by atoms with Gasteiger partial charge in [-0.2, -0.15) is 4.98 Å². The van der Waals surface area contributed by atoms with Crippen molar-refractivity contribution >= 4 is 17.1 Å². The van der Waals surface area contributed by atoms with Crippen LogP contribution in [0.25, 0.3) is 11.2 Å². The second-order valence-corrected chi connectivity index (χ2v) is 7.32. The predicted molar refractivity (Wildman–Crippen MR) is 112 cm³/mol. The third-order valence-corrected chi connectivity index (χ3v) is 5.35. The Morgan fingerprint density at radius 1 is 1.07 bits per heavy atom. The first kappa shape index (κ1) is 19.9. The molecule has 0 aliphatic heterocycles. The number of hydrogen-bond donors (Lipinski definition) is 1. The van der Waals surface area contributed by atoms with Crippen LogP contribution in [-0.4, -0.2) is 49.8 Å². The lowest BCUT2D eigenvalue weighted by Gasteiger charge is -2.25. The number of likely N-dealkylation sites (N-methyl/N-ethyl adjacent to an activating group) is 1. The fourth-order valence-corrected chi connectivity index (χ4v) is 3.35. The van der Waals surface area contributed by atoms with Crippen molar-refractivity contribution in [2.24, 2.45) is 21.1 Å². The van der Waals surface area contributed by atoms with Crippen molar-refractivity contribution in [2.45, 2.75) is 19.4 Å². The van der Waals surface area contributed by atoms with Crippen LogP contribution in [0.5, 0.6) is 0 Å². The van der Waals surface area contributed by atoms with E-state index in [-0.39, 0.29) is 11.2 Å². The van der Waals surface area contributed by atoms with Gasteiger partial charge in [0.2, 0.25) is 5.95 Å². The summed E-state index contributed by atoms with van der Waals surface area (Å²) in [7, 11) is 6.99. The van der Waals surface area contributed by atoms with Crippen LogP contribution in [0.3, 0.4) is 0 Å². The van der Waals surface area contributed by atoms with Gasteiger partial charge in [0, 0.05) is 40.3 Å². The molecule has 0 radical (unpaired) electrons. The first-order valence-electron chi connectivity index (χ1n) is 9.41. The zero-order chi connectivity index (χ0) is 20.4. The fraction of sp³-hybridized carbons (Fsp3) is 0.450. The normalized spacial score (nSPS) is 12.6. The van der Waals surface area contributed by atoms with E-state index >= 15 is 0 Å². The Labute approximate surface area is 164 Å². The van der Waals surface area contributed by atoms with Gasteiger partial charge in [-0.15, -0.1) is 0 Å². The van der Waals surface area contributed by atoms with E-state index in [1.807, 2.05) is 6.07 Å². The molecule has 0 aliphatic rings. The number of imidazole rings is 1. The lowest BCUT2D eigenvalue weighted by Crippen LogP contribution is -2.37. The van der Waals surface area contributed by atoms with E-state index in [1.54, 1.807) is 18.7 Å². The van der Waals surface area contributed by atoms with Crippen molar-refractivity contribution in [3.05, 3.63) is 56.7 Å². The lowest BCUT2D eigenvalue weighted by molar-refractivity contribution is 0.265. The first-order chi connectivity index (χ1) is 13.3. The summed E-state index contributed by atoms with van der Waals surface area (Å²) in [5.41, 5.74) is 1.41. The highest BCUT2D eigenvalue weighted by atomic mass is 16.2. The average Bonchev–Trinajstić information content (AvgIpc) is 3.02. The molecule has 1 aromatic carbocycles. The second-order valence-electron chi connectivity index (χ2n) is 7.32. The maximum Gasteiger partial charge on any atom is 0.332 e. The molecule has 1 atom stereocenters. The second kappa shape index (κ2) is 8.02. The number of nitrogens with one attached hydrogen (secondary N) is 1. The summed E-state index contributed by atoms with van der Waals surface area (Å²) in [6.45, 7) is 3.72. The Balaban J connectivity index is 1.68. The van der Waals surface area contributed by atoms with Crippen molar-refractivity contribution in [3.63, 3.8) is 0 Å². The molecule has 2 heterocycles. The molecule has 150 valence electrons. The van der Waals surface area contributed by atoms with Gasteiger partial charge in [0.15, 0.2) is 11.2 Å². The largest absolute Gasteiger partial charge is 0.354 e. The average molecular weight is 384 g/mol. The Morgan fingerprint density at radius 3 is 2.43 bits per heavy atom. The number of rotatable bonds is 7. The van der Waals surface area contributed by atoms with Crippen molar-refractivity contribution in [3.8, 4) is 0 Å². The van der Waals surface area contributed by atoms with Gasteiger partial charge in [0.25, 0.3) is 5.56 Å². The molecule has 3 aromatic rings. The summed E-state index contributed by atoms with van der Waals surface area (Å²) in [6.07, 6.45) is 0.988. The van der Waals surface area contributed by atoms with Gasteiger partial charge in [-0.3, -0.25) is 13.9 Å². The smallest absolute Gasteiger partial charge is 0.332 e. The number of anilines is 1. The van der Waals surface area contributed by atoms with Crippen LogP contribution in [0.2, 0.25) is 0 Å². The molecule has 3 rings (SSSR count). The van der Waals surface area contributed by atoms with E-state index < -0.39 is 0 Å². The minimum atomic E-state index is -0.378.